The summed E-state index contributed by atoms with van der Waals surface area (Å²) in [6.07, 6.45) is 3.23. The average Bonchev–Trinajstić information content (AvgIpc) is 2.75. The number of nitrogens with one attached hydrogen (secondary N) is 4. The van der Waals surface area contributed by atoms with Gasteiger partial charge in [0.2, 0.25) is 0 Å². The third-order valence-electron chi connectivity index (χ3n) is 4.55. The van der Waals surface area contributed by atoms with Crippen LogP contribution in [0.3, 0.4) is 0 Å². The normalized spacial score (nSPS) is 15.2. The fraction of sp³-hybridized carbons (Fsp3) is 0.182. The van der Waals surface area contributed by atoms with Gasteiger partial charge in [0.15, 0.2) is 0 Å². The first-order valence-electron chi connectivity index (χ1n) is 9.55. The van der Waals surface area contributed by atoms with E-state index in [-0.39, 0.29) is 11.4 Å². The Bertz CT molecular complexity index is 1080. The second-order valence-electron chi connectivity index (χ2n) is 6.73. The number of hydrogen-bond donors (Lipinski definition) is 4. The molecule has 0 saturated carbocycles. The first kappa shape index (κ1) is 22.4. The number of rotatable bonds is 7. The van der Waals surface area contributed by atoms with E-state index in [9.17, 15) is 13.6 Å². The number of halogens is 2. The van der Waals surface area contributed by atoms with Crippen LogP contribution in [-0.2, 0) is 4.79 Å². The maximum Gasteiger partial charge on any atom is 0.276 e. The number of hydrogen-bond acceptors (Lipinski definition) is 6. The zero-order valence-electron chi connectivity index (χ0n) is 17.3. The smallest absolute Gasteiger partial charge is 0.276 e. The summed E-state index contributed by atoms with van der Waals surface area (Å²) in [6.45, 7) is 2.02. The van der Waals surface area contributed by atoms with E-state index >= 15 is 0 Å². The molecule has 3 rings (SSSR count). The Morgan fingerprint density at radius 3 is 2.58 bits per heavy atom. The number of carbonyl (C=O) groups excluding carboxylic acids is 1. The van der Waals surface area contributed by atoms with Gasteiger partial charge < -0.3 is 20.3 Å². The zero-order chi connectivity index (χ0) is 22.5. The van der Waals surface area contributed by atoms with Crippen molar-refractivity contribution in [2.75, 3.05) is 29.9 Å². The van der Waals surface area contributed by atoms with Crippen LogP contribution < -0.4 is 15.4 Å². The number of anilines is 3. The monoisotopic (exact) mass is 443 g/mol. The van der Waals surface area contributed by atoms with Gasteiger partial charge in [-0.05, 0) is 30.3 Å². The lowest BCUT2D eigenvalue weighted by Crippen LogP contribution is -2.35. The molecule has 0 unspecified atom stereocenters. The molecule has 0 aromatic heterocycles. The molecule has 1 amide bonds. The van der Waals surface area contributed by atoms with E-state index in [0.29, 0.717) is 22.4 Å². The van der Waals surface area contributed by atoms with Gasteiger partial charge in [-0.25, -0.2) is 8.78 Å². The quantitative estimate of drug-likeness (QED) is 0.466. The van der Waals surface area contributed by atoms with Crippen LogP contribution in [-0.4, -0.2) is 36.4 Å². The van der Waals surface area contributed by atoms with Crippen molar-refractivity contribution in [3.05, 3.63) is 71.6 Å². The highest BCUT2D eigenvalue weighted by Gasteiger charge is 2.28. The summed E-state index contributed by atoms with van der Waals surface area (Å²) in [5, 5.41) is 14.2. The zero-order valence-corrected chi connectivity index (χ0v) is 18.2. The van der Waals surface area contributed by atoms with E-state index in [1.807, 2.05) is 19.1 Å². The van der Waals surface area contributed by atoms with Gasteiger partial charge in [-0.3, -0.25) is 10.2 Å². The van der Waals surface area contributed by atoms with Gasteiger partial charge in [0.25, 0.3) is 5.91 Å². The molecule has 0 bridgehead atoms. The van der Waals surface area contributed by atoms with Crippen LogP contribution in [0.25, 0.3) is 5.57 Å². The summed E-state index contributed by atoms with van der Waals surface area (Å²) in [5.74, 6) is -0.966. The molecule has 9 heteroatoms. The highest BCUT2D eigenvalue weighted by atomic mass is 32.2. The first-order chi connectivity index (χ1) is 14.8. The van der Waals surface area contributed by atoms with Crippen LogP contribution in [0.1, 0.15) is 12.5 Å². The van der Waals surface area contributed by atoms with Gasteiger partial charge >= 0.3 is 0 Å². The van der Waals surface area contributed by atoms with Crippen molar-refractivity contribution in [1.29, 1.82) is 5.41 Å². The van der Waals surface area contributed by atoms with E-state index < -0.39 is 17.5 Å². The van der Waals surface area contributed by atoms with Gasteiger partial charge in [-0.2, -0.15) is 0 Å². The maximum absolute atomic E-state index is 14.3. The third kappa shape index (κ3) is 4.88. The highest BCUT2D eigenvalue weighted by molar-refractivity contribution is 8.00. The lowest BCUT2D eigenvalue weighted by Gasteiger charge is -2.26. The second kappa shape index (κ2) is 9.65. The lowest BCUT2D eigenvalue weighted by atomic mass is 9.91. The van der Waals surface area contributed by atoms with Crippen molar-refractivity contribution in [3.63, 3.8) is 0 Å². The van der Waals surface area contributed by atoms with Crippen LogP contribution in [0.15, 0.2) is 54.4 Å². The van der Waals surface area contributed by atoms with Crippen molar-refractivity contribution >= 4 is 46.2 Å². The molecule has 4 N–H and O–H groups in total. The number of carbonyl (C=O) groups is 1. The minimum absolute atomic E-state index is 0.112. The molecule has 31 heavy (non-hydrogen) atoms. The lowest BCUT2D eigenvalue weighted by molar-refractivity contribution is -0.120. The molecule has 2 aromatic carbocycles. The Morgan fingerprint density at radius 1 is 1.16 bits per heavy atom. The number of nitrogens with zero attached hydrogens (tertiary/aromatic N) is 1. The topological polar surface area (TPSA) is 80.2 Å². The van der Waals surface area contributed by atoms with E-state index in [0.717, 1.165) is 17.5 Å². The third-order valence-corrected chi connectivity index (χ3v) is 5.22. The van der Waals surface area contributed by atoms with E-state index in [1.54, 1.807) is 32.6 Å². The molecule has 1 heterocycles. The summed E-state index contributed by atoms with van der Waals surface area (Å²) in [4.78, 5) is 13.7. The standard InChI is InChI=1S/C22H23F2N5OS/c1-4-31-28-14-6-8-19(27-20-7-5-13(23)9-18(20)24)15(10-14)17-12-29(3)22(30)21(25)16(17)11-26-2/h5-12,25-28H,4H2,1-3H3/b16-11-,25-21?. The van der Waals surface area contributed by atoms with Crippen molar-refractivity contribution in [1.82, 2.24) is 10.2 Å². The SMILES string of the molecule is CCSNc1ccc(Nc2ccc(F)cc2F)c(C2=CN(C)C(=O)C(=N)/C2=C\NC)c1. The molecule has 0 saturated heterocycles. The molecule has 0 fully saturated rings. The molecule has 1 aliphatic heterocycles. The largest absolute Gasteiger partial charge is 0.393 e. The van der Waals surface area contributed by atoms with Crippen molar-refractivity contribution in [2.24, 2.45) is 0 Å². The predicted octanol–water partition coefficient (Wildman–Crippen LogP) is 4.72. The number of allylic oxidation sites excluding steroid dienone is 1. The van der Waals surface area contributed by atoms with Gasteiger partial charge in [-0.15, -0.1) is 0 Å². The fourth-order valence-electron chi connectivity index (χ4n) is 3.09. The maximum atomic E-state index is 14.3. The summed E-state index contributed by atoms with van der Waals surface area (Å²) >= 11 is 1.52. The van der Waals surface area contributed by atoms with Crippen LogP contribution in [0.5, 0.6) is 0 Å². The first-order valence-corrected chi connectivity index (χ1v) is 10.5. The Balaban J connectivity index is 2.15. The molecular formula is C22H23F2N5OS. The summed E-state index contributed by atoms with van der Waals surface area (Å²) < 4.78 is 30.8. The molecular weight excluding hydrogens is 420 g/mol. The van der Waals surface area contributed by atoms with Crippen LogP contribution >= 0.6 is 11.9 Å². The van der Waals surface area contributed by atoms with E-state index in [1.165, 1.54) is 29.0 Å². The minimum atomic E-state index is -0.724. The number of benzene rings is 2. The van der Waals surface area contributed by atoms with Gasteiger partial charge in [0.05, 0.1) is 5.69 Å². The molecule has 0 radical (unpaired) electrons. The molecule has 0 spiro atoms. The highest BCUT2D eigenvalue weighted by Crippen LogP contribution is 2.37. The van der Waals surface area contributed by atoms with Crippen LogP contribution in [0.2, 0.25) is 0 Å². The minimum Gasteiger partial charge on any atom is -0.393 e. The van der Waals surface area contributed by atoms with Gasteiger partial charge in [0, 0.05) is 66.4 Å². The van der Waals surface area contributed by atoms with E-state index in [2.05, 4.69) is 15.4 Å². The van der Waals surface area contributed by atoms with Crippen LogP contribution in [0, 0.1) is 17.0 Å². The van der Waals surface area contributed by atoms with Crippen molar-refractivity contribution < 1.29 is 13.6 Å². The van der Waals surface area contributed by atoms with Crippen molar-refractivity contribution in [2.45, 2.75) is 6.92 Å². The molecule has 162 valence electrons. The average molecular weight is 444 g/mol. The molecule has 2 aromatic rings. The van der Waals surface area contributed by atoms with E-state index in [4.69, 9.17) is 5.41 Å². The Kier molecular flexibility index (Phi) is 6.96. The number of amides is 1. The van der Waals surface area contributed by atoms with Gasteiger partial charge in [-0.1, -0.05) is 18.9 Å². The second-order valence-corrected chi connectivity index (χ2v) is 7.80. The predicted molar refractivity (Wildman–Crippen MR) is 123 cm³/mol. The Labute approximate surface area is 184 Å². The molecule has 0 atom stereocenters. The Hall–Kier alpha value is -3.33. The fourth-order valence-corrected chi connectivity index (χ4v) is 3.53. The van der Waals surface area contributed by atoms with Crippen LogP contribution in [0.4, 0.5) is 25.8 Å². The molecule has 0 aliphatic carbocycles. The van der Waals surface area contributed by atoms with Crippen molar-refractivity contribution in [3.8, 4) is 0 Å². The molecule has 6 nitrogen and oxygen atoms in total. The van der Waals surface area contributed by atoms with Gasteiger partial charge in [0.1, 0.15) is 17.3 Å². The summed E-state index contributed by atoms with van der Waals surface area (Å²) in [5.41, 5.74) is 2.97. The molecule has 1 aliphatic rings. The summed E-state index contributed by atoms with van der Waals surface area (Å²) in [7, 11) is 3.26. The Morgan fingerprint density at radius 2 is 1.90 bits per heavy atom. The summed E-state index contributed by atoms with van der Waals surface area (Å²) in [6, 6.07) is 8.77.